The number of amides is 1. The summed E-state index contributed by atoms with van der Waals surface area (Å²) in [5.74, 6) is 0.378. The second kappa shape index (κ2) is 9.96. The Morgan fingerprint density at radius 1 is 1.00 bits per heavy atom. The Morgan fingerprint density at radius 2 is 1.75 bits per heavy atom. The number of hydrogen-bond donors (Lipinski definition) is 3. The van der Waals surface area contributed by atoms with Crippen molar-refractivity contribution in [2.24, 2.45) is 0 Å². The molecule has 1 aliphatic heterocycles. The Morgan fingerprint density at radius 3 is 2.50 bits per heavy atom. The molecule has 36 heavy (non-hydrogen) atoms. The number of likely N-dealkylation sites (N-methyl/N-ethyl adjacent to an activating group) is 1. The second-order valence-electron chi connectivity index (χ2n) is 8.57. The number of benzene rings is 1. The third kappa shape index (κ3) is 4.93. The van der Waals surface area contributed by atoms with Crippen molar-refractivity contribution in [1.82, 2.24) is 24.8 Å². The lowest BCUT2D eigenvalue weighted by molar-refractivity contribution is -0.111. The zero-order chi connectivity index (χ0) is 25.1. The number of anilines is 5. The summed E-state index contributed by atoms with van der Waals surface area (Å²) < 4.78 is 0. The van der Waals surface area contributed by atoms with E-state index in [2.05, 4.69) is 61.1 Å². The van der Waals surface area contributed by atoms with Gasteiger partial charge in [0.1, 0.15) is 17.0 Å². The van der Waals surface area contributed by atoms with Crippen molar-refractivity contribution in [3.63, 3.8) is 0 Å². The molecule has 3 aromatic heterocycles. The van der Waals surface area contributed by atoms with Crippen LogP contribution in [0.25, 0.3) is 22.3 Å². The first kappa shape index (κ1) is 23.2. The molecule has 0 atom stereocenters. The molecule has 1 aromatic carbocycles. The molecular weight excluding hydrogens is 454 g/mol. The predicted octanol–water partition coefficient (Wildman–Crippen LogP) is 3.29. The van der Waals surface area contributed by atoms with Crippen LogP contribution in [0.1, 0.15) is 0 Å². The fraction of sp³-hybridized carbons (Fsp3) is 0.192. The third-order valence-electron chi connectivity index (χ3n) is 6.09. The molecule has 5 rings (SSSR count). The molecule has 1 fully saturated rings. The predicted molar refractivity (Wildman–Crippen MR) is 143 cm³/mol. The summed E-state index contributed by atoms with van der Waals surface area (Å²) in [7, 11) is 2.15. The highest BCUT2D eigenvalue weighted by Gasteiger charge is 2.16. The van der Waals surface area contributed by atoms with Crippen molar-refractivity contribution in [3.05, 3.63) is 67.5 Å². The van der Waals surface area contributed by atoms with Crippen molar-refractivity contribution in [1.29, 1.82) is 0 Å². The van der Waals surface area contributed by atoms with Gasteiger partial charge >= 0.3 is 0 Å². The molecule has 0 spiro atoms. The molecule has 4 N–H and O–H groups in total. The Kier molecular flexibility index (Phi) is 6.42. The van der Waals surface area contributed by atoms with Crippen LogP contribution in [0.5, 0.6) is 0 Å². The topological polar surface area (TPSA) is 125 Å². The first-order chi connectivity index (χ1) is 17.5. The number of nitrogen functional groups attached to an aromatic ring is 1. The average Bonchev–Trinajstić information content (AvgIpc) is 2.89. The van der Waals surface area contributed by atoms with Crippen LogP contribution in [0.3, 0.4) is 0 Å². The molecule has 4 heterocycles. The Hall–Kier alpha value is -4.57. The van der Waals surface area contributed by atoms with Crippen molar-refractivity contribution < 1.29 is 4.79 Å². The van der Waals surface area contributed by atoms with Crippen LogP contribution in [0.2, 0.25) is 0 Å². The molecular formula is C26H27N9O. The number of aromatic nitrogens is 4. The van der Waals surface area contributed by atoms with E-state index in [1.165, 1.54) is 11.8 Å². The van der Waals surface area contributed by atoms with E-state index < -0.39 is 0 Å². The van der Waals surface area contributed by atoms with Gasteiger partial charge in [0.05, 0.1) is 5.69 Å². The van der Waals surface area contributed by atoms with Crippen LogP contribution in [-0.4, -0.2) is 64.0 Å². The maximum absolute atomic E-state index is 11.7. The highest BCUT2D eigenvalue weighted by molar-refractivity contribution is 6.00. The number of rotatable bonds is 6. The fourth-order valence-electron chi connectivity index (χ4n) is 4.10. The minimum Gasteiger partial charge on any atom is -0.383 e. The molecule has 0 bridgehead atoms. The molecule has 0 unspecified atom stereocenters. The smallest absolute Gasteiger partial charge is 0.247 e. The zero-order valence-corrected chi connectivity index (χ0v) is 20.0. The van der Waals surface area contributed by atoms with Crippen molar-refractivity contribution in [2.45, 2.75) is 0 Å². The van der Waals surface area contributed by atoms with Gasteiger partial charge in [-0.3, -0.25) is 14.8 Å². The normalized spacial score (nSPS) is 14.0. The van der Waals surface area contributed by atoms with Crippen molar-refractivity contribution in [3.8, 4) is 11.4 Å². The number of carbonyl (C=O) groups excluding carboxylic acids is 1. The van der Waals surface area contributed by atoms with Crippen molar-refractivity contribution >= 4 is 45.6 Å². The van der Waals surface area contributed by atoms with E-state index in [0.29, 0.717) is 39.7 Å². The van der Waals surface area contributed by atoms with Gasteiger partial charge in [0.2, 0.25) is 11.9 Å². The summed E-state index contributed by atoms with van der Waals surface area (Å²) in [6, 6.07) is 13.4. The minimum atomic E-state index is -0.310. The molecule has 0 radical (unpaired) electrons. The van der Waals surface area contributed by atoms with E-state index in [1.807, 2.05) is 12.1 Å². The van der Waals surface area contributed by atoms with Gasteiger partial charge in [0, 0.05) is 61.0 Å². The van der Waals surface area contributed by atoms with Gasteiger partial charge in [-0.25, -0.2) is 4.98 Å². The molecule has 10 heteroatoms. The van der Waals surface area contributed by atoms with Gasteiger partial charge in [-0.05, 0) is 55.6 Å². The molecule has 1 saturated heterocycles. The Bertz CT molecular complexity index is 1410. The maximum Gasteiger partial charge on any atom is 0.247 e. The van der Waals surface area contributed by atoms with E-state index >= 15 is 0 Å². The maximum atomic E-state index is 11.7. The Labute approximate surface area is 208 Å². The summed E-state index contributed by atoms with van der Waals surface area (Å²) in [5.41, 5.74) is 10.5. The number of nitrogens with two attached hydrogens (primary N) is 1. The summed E-state index contributed by atoms with van der Waals surface area (Å²) in [5, 5.41) is 6.65. The number of hydrogen-bond acceptors (Lipinski definition) is 9. The lowest BCUT2D eigenvalue weighted by atomic mass is 10.1. The van der Waals surface area contributed by atoms with E-state index in [1.54, 1.807) is 30.6 Å². The summed E-state index contributed by atoms with van der Waals surface area (Å²) in [6.07, 6.45) is 4.44. The first-order valence-electron chi connectivity index (χ1n) is 11.6. The summed E-state index contributed by atoms with van der Waals surface area (Å²) in [4.78, 5) is 34.5. The fourth-order valence-corrected chi connectivity index (χ4v) is 4.10. The van der Waals surface area contributed by atoms with Crippen LogP contribution in [0.15, 0.2) is 67.5 Å². The number of nitrogens with zero attached hydrogens (tertiary/aromatic N) is 6. The molecule has 1 amide bonds. The Balaban J connectivity index is 1.43. The largest absolute Gasteiger partial charge is 0.383 e. The monoisotopic (exact) mass is 481 g/mol. The molecule has 0 saturated carbocycles. The highest BCUT2D eigenvalue weighted by Crippen LogP contribution is 2.29. The van der Waals surface area contributed by atoms with Gasteiger partial charge in [0.15, 0.2) is 0 Å². The first-order valence-corrected chi connectivity index (χ1v) is 11.6. The molecule has 0 aliphatic carbocycles. The zero-order valence-electron chi connectivity index (χ0n) is 20.0. The molecule has 10 nitrogen and oxygen atoms in total. The van der Waals surface area contributed by atoms with Gasteiger partial charge in [-0.15, -0.1) is 0 Å². The van der Waals surface area contributed by atoms with E-state index in [0.717, 1.165) is 31.9 Å². The lowest BCUT2D eigenvalue weighted by Crippen LogP contribution is -2.44. The number of piperazine rings is 1. The second-order valence-corrected chi connectivity index (χ2v) is 8.57. The number of nitrogens with one attached hydrogen (secondary N) is 2. The standard InChI is InChI=1S/C26H27N9O/c1-3-22(36)30-18-8-10-28-21(16-18)24-23-20(9-11-29-24)25(27)33-26(32-23)31-17-4-6-19(7-5-17)35-14-12-34(2)13-15-35/h3-11,16H,1,12-15H2,2H3,(H,28,30,36)(H3,27,31,32,33). The van der Waals surface area contributed by atoms with Crippen LogP contribution < -0.4 is 21.3 Å². The van der Waals surface area contributed by atoms with Crippen LogP contribution in [0, 0.1) is 0 Å². The lowest BCUT2D eigenvalue weighted by Gasteiger charge is -2.34. The third-order valence-corrected chi connectivity index (χ3v) is 6.09. The number of pyridine rings is 2. The quantitative estimate of drug-likeness (QED) is 0.356. The van der Waals surface area contributed by atoms with E-state index in [-0.39, 0.29) is 5.91 Å². The summed E-state index contributed by atoms with van der Waals surface area (Å²) >= 11 is 0. The average molecular weight is 482 g/mol. The van der Waals surface area contributed by atoms with E-state index in [9.17, 15) is 4.79 Å². The molecule has 4 aromatic rings. The van der Waals surface area contributed by atoms with Crippen LogP contribution in [0.4, 0.5) is 28.8 Å². The number of fused-ring (bicyclic) bond motifs is 1. The number of carbonyl (C=O) groups is 1. The van der Waals surface area contributed by atoms with Gasteiger partial charge in [0.25, 0.3) is 0 Å². The SMILES string of the molecule is C=CC(=O)Nc1ccnc(-c2nccc3c(N)nc(Nc4ccc(N5CCN(C)CC5)cc4)nc23)c1. The molecule has 182 valence electrons. The van der Waals surface area contributed by atoms with E-state index in [4.69, 9.17) is 10.7 Å². The minimum absolute atomic E-state index is 0.310. The summed E-state index contributed by atoms with van der Waals surface area (Å²) in [6.45, 7) is 7.61. The van der Waals surface area contributed by atoms with Gasteiger partial charge in [-0.2, -0.15) is 4.98 Å². The molecule has 1 aliphatic rings. The highest BCUT2D eigenvalue weighted by atomic mass is 16.1. The van der Waals surface area contributed by atoms with Crippen molar-refractivity contribution in [2.75, 3.05) is 54.5 Å². The van der Waals surface area contributed by atoms with Crippen LogP contribution >= 0.6 is 0 Å². The van der Waals surface area contributed by atoms with Gasteiger partial charge in [-0.1, -0.05) is 6.58 Å². The van der Waals surface area contributed by atoms with Crippen LogP contribution in [-0.2, 0) is 4.79 Å². The van der Waals surface area contributed by atoms with Gasteiger partial charge < -0.3 is 26.2 Å².